The zero-order valence-corrected chi connectivity index (χ0v) is 12.5. The summed E-state index contributed by atoms with van der Waals surface area (Å²) in [6.45, 7) is 3.54. The molecule has 0 saturated carbocycles. The molecular formula is C15H16F3N3O2. The van der Waals surface area contributed by atoms with Crippen LogP contribution < -0.4 is 5.32 Å². The van der Waals surface area contributed by atoms with Crippen LogP contribution in [0.4, 0.5) is 18.9 Å². The molecule has 8 heteroatoms. The Morgan fingerprint density at radius 1 is 1.39 bits per heavy atom. The van der Waals surface area contributed by atoms with E-state index in [9.17, 15) is 18.0 Å². The number of hydrogen-bond donors (Lipinski definition) is 1. The minimum atomic E-state index is -4.58. The molecule has 0 spiro atoms. The SMILES string of the molecule is C[C@H](Nc1ccc(C(F)(F)F)c(C#N)c1)C(=O)N1CCOCC1. The molecule has 0 aromatic heterocycles. The molecule has 2 rings (SSSR count). The highest BCUT2D eigenvalue weighted by atomic mass is 19.4. The number of nitrogens with one attached hydrogen (secondary N) is 1. The number of rotatable bonds is 3. The molecule has 1 saturated heterocycles. The summed E-state index contributed by atoms with van der Waals surface area (Å²) < 4.78 is 43.4. The number of nitriles is 1. The fourth-order valence-electron chi connectivity index (χ4n) is 2.34. The number of morpholine rings is 1. The Morgan fingerprint density at radius 2 is 2.04 bits per heavy atom. The second kappa shape index (κ2) is 6.87. The molecule has 0 unspecified atom stereocenters. The summed E-state index contributed by atoms with van der Waals surface area (Å²) in [4.78, 5) is 13.9. The average molecular weight is 327 g/mol. The minimum absolute atomic E-state index is 0.160. The van der Waals surface area contributed by atoms with Crippen molar-refractivity contribution in [1.82, 2.24) is 4.90 Å². The highest BCUT2D eigenvalue weighted by Crippen LogP contribution is 2.33. The molecule has 1 aromatic rings. The second-order valence-electron chi connectivity index (χ2n) is 5.17. The largest absolute Gasteiger partial charge is 0.417 e. The highest BCUT2D eigenvalue weighted by Gasteiger charge is 2.33. The van der Waals surface area contributed by atoms with Crippen LogP contribution >= 0.6 is 0 Å². The number of hydrogen-bond acceptors (Lipinski definition) is 4. The zero-order chi connectivity index (χ0) is 17.0. The Morgan fingerprint density at radius 3 is 2.61 bits per heavy atom. The van der Waals surface area contributed by atoms with E-state index >= 15 is 0 Å². The molecule has 1 fully saturated rings. The van der Waals surface area contributed by atoms with E-state index in [4.69, 9.17) is 10.00 Å². The number of alkyl halides is 3. The summed E-state index contributed by atoms with van der Waals surface area (Å²) >= 11 is 0. The molecule has 1 aliphatic heterocycles. The molecular weight excluding hydrogens is 311 g/mol. The lowest BCUT2D eigenvalue weighted by atomic mass is 10.1. The summed E-state index contributed by atoms with van der Waals surface area (Å²) in [5.41, 5.74) is -1.17. The van der Waals surface area contributed by atoms with Crippen LogP contribution in [0.3, 0.4) is 0 Å². The summed E-state index contributed by atoms with van der Waals surface area (Å²) in [5, 5.41) is 11.7. The predicted molar refractivity (Wildman–Crippen MR) is 76.6 cm³/mol. The van der Waals surface area contributed by atoms with Crippen molar-refractivity contribution < 1.29 is 22.7 Å². The van der Waals surface area contributed by atoms with Crippen molar-refractivity contribution in [1.29, 1.82) is 5.26 Å². The van der Waals surface area contributed by atoms with Crippen LogP contribution in [0.15, 0.2) is 18.2 Å². The van der Waals surface area contributed by atoms with E-state index < -0.39 is 23.3 Å². The van der Waals surface area contributed by atoms with Gasteiger partial charge in [-0.25, -0.2) is 0 Å². The lowest BCUT2D eigenvalue weighted by Crippen LogP contribution is -2.47. The van der Waals surface area contributed by atoms with Crippen molar-refractivity contribution >= 4 is 11.6 Å². The maximum Gasteiger partial charge on any atom is 0.417 e. The third kappa shape index (κ3) is 4.13. The molecule has 1 atom stereocenters. The maximum atomic E-state index is 12.8. The Bertz CT molecular complexity index is 619. The first-order chi connectivity index (χ1) is 10.8. The normalized spacial score (nSPS) is 16.6. The maximum absolute atomic E-state index is 12.8. The van der Waals surface area contributed by atoms with Gasteiger partial charge in [-0.3, -0.25) is 4.79 Å². The van der Waals surface area contributed by atoms with Gasteiger partial charge < -0.3 is 15.0 Å². The van der Waals surface area contributed by atoms with Crippen molar-refractivity contribution in [3.63, 3.8) is 0 Å². The fraction of sp³-hybridized carbons (Fsp3) is 0.467. The number of nitrogens with zero attached hydrogens (tertiary/aromatic N) is 2. The van der Waals surface area contributed by atoms with Crippen molar-refractivity contribution in [3.05, 3.63) is 29.3 Å². The van der Waals surface area contributed by atoms with E-state index in [1.807, 2.05) is 0 Å². The molecule has 0 aliphatic carbocycles. The van der Waals surface area contributed by atoms with E-state index in [0.717, 1.165) is 12.1 Å². The highest BCUT2D eigenvalue weighted by molar-refractivity contribution is 5.84. The Labute approximate surface area is 131 Å². The number of carbonyl (C=O) groups is 1. The van der Waals surface area contributed by atoms with Crippen LogP contribution in [-0.4, -0.2) is 43.2 Å². The molecule has 5 nitrogen and oxygen atoms in total. The first-order valence-electron chi connectivity index (χ1n) is 7.07. The smallest absolute Gasteiger partial charge is 0.378 e. The third-order valence-corrected chi connectivity index (χ3v) is 3.52. The van der Waals surface area contributed by atoms with Gasteiger partial charge in [0, 0.05) is 18.8 Å². The molecule has 1 amide bonds. The molecule has 124 valence electrons. The van der Waals surface area contributed by atoms with E-state index in [-0.39, 0.29) is 5.91 Å². The molecule has 23 heavy (non-hydrogen) atoms. The van der Waals surface area contributed by atoms with Crippen LogP contribution in [0.25, 0.3) is 0 Å². The predicted octanol–water partition coefficient (Wildman–Crippen LogP) is 2.24. The van der Waals surface area contributed by atoms with Gasteiger partial charge in [0.25, 0.3) is 0 Å². The van der Waals surface area contributed by atoms with Crippen LogP contribution in [0.2, 0.25) is 0 Å². The van der Waals surface area contributed by atoms with Crippen LogP contribution in [-0.2, 0) is 15.7 Å². The average Bonchev–Trinajstić information content (AvgIpc) is 2.53. The van der Waals surface area contributed by atoms with Gasteiger partial charge in [0.2, 0.25) is 5.91 Å². The molecule has 1 aliphatic rings. The molecule has 1 N–H and O–H groups in total. The number of amides is 1. The Hall–Kier alpha value is -2.27. The third-order valence-electron chi connectivity index (χ3n) is 3.52. The number of carbonyl (C=O) groups excluding carboxylic acids is 1. The Kier molecular flexibility index (Phi) is 5.11. The first kappa shape index (κ1) is 17.1. The van der Waals surface area contributed by atoms with Gasteiger partial charge >= 0.3 is 6.18 Å². The summed E-state index contributed by atoms with van der Waals surface area (Å²) in [6.07, 6.45) is -4.58. The van der Waals surface area contributed by atoms with Crippen molar-refractivity contribution in [2.45, 2.75) is 19.1 Å². The van der Waals surface area contributed by atoms with E-state index in [1.54, 1.807) is 11.8 Å². The summed E-state index contributed by atoms with van der Waals surface area (Å²) in [5.74, 6) is -0.160. The quantitative estimate of drug-likeness (QED) is 0.925. The Balaban J connectivity index is 2.10. The van der Waals surface area contributed by atoms with Gasteiger partial charge in [0.1, 0.15) is 6.04 Å². The number of halogens is 3. The van der Waals surface area contributed by atoms with Crippen LogP contribution in [0.5, 0.6) is 0 Å². The fourth-order valence-corrected chi connectivity index (χ4v) is 2.34. The van der Waals surface area contributed by atoms with Gasteiger partial charge in [-0.2, -0.15) is 18.4 Å². The van der Waals surface area contributed by atoms with Gasteiger partial charge in [0.15, 0.2) is 0 Å². The second-order valence-corrected chi connectivity index (χ2v) is 5.17. The minimum Gasteiger partial charge on any atom is -0.378 e. The number of benzene rings is 1. The van der Waals surface area contributed by atoms with Crippen LogP contribution in [0, 0.1) is 11.3 Å². The lowest BCUT2D eigenvalue weighted by Gasteiger charge is -2.29. The number of ether oxygens (including phenoxy) is 1. The zero-order valence-electron chi connectivity index (χ0n) is 12.5. The van der Waals surface area contributed by atoms with E-state index in [0.29, 0.717) is 32.0 Å². The van der Waals surface area contributed by atoms with Crippen LogP contribution in [0.1, 0.15) is 18.1 Å². The van der Waals surface area contributed by atoms with Gasteiger partial charge in [-0.15, -0.1) is 0 Å². The first-order valence-corrected chi connectivity index (χ1v) is 7.07. The summed E-state index contributed by atoms with van der Waals surface area (Å²) in [6, 6.07) is 4.08. The van der Waals surface area contributed by atoms with Crippen molar-refractivity contribution in [2.75, 3.05) is 31.6 Å². The standard InChI is InChI=1S/C15H16F3N3O2/c1-10(14(22)21-4-6-23-7-5-21)20-12-2-3-13(15(16,17)18)11(8-12)9-19/h2-3,8,10,20H,4-7H2,1H3/t10-/m0/s1. The van der Waals surface area contributed by atoms with Crippen molar-refractivity contribution in [3.8, 4) is 6.07 Å². The lowest BCUT2D eigenvalue weighted by molar-refractivity contribution is -0.138. The van der Waals surface area contributed by atoms with Crippen molar-refractivity contribution in [2.24, 2.45) is 0 Å². The van der Waals surface area contributed by atoms with Gasteiger partial charge in [-0.05, 0) is 25.1 Å². The van der Waals surface area contributed by atoms with Gasteiger partial charge in [-0.1, -0.05) is 0 Å². The van der Waals surface area contributed by atoms with E-state index in [2.05, 4.69) is 5.32 Å². The topological polar surface area (TPSA) is 65.4 Å². The monoisotopic (exact) mass is 327 g/mol. The molecule has 0 bridgehead atoms. The van der Waals surface area contributed by atoms with Gasteiger partial charge in [0.05, 0.1) is 30.4 Å². The molecule has 1 aromatic carbocycles. The van der Waals surface area contributed by atoms with E-state index in [1.165, 1.54) is 12.1 Å². The number of anilines is 1. The molecule has 0 radical (unpaired) electrons. The summed E-state index contributed by atoms with van der Waals surface area (Å²) in [7, 11) is 0. The molecule has 1 heterocycles.